The second kappa shape index (κ2) is 5.99. The molecule has 1 N–H and O–H groups in total. The minimum absolute atomic E-state index is 0.0860. The van der Waals surface area contributed by atoms with Crippen LogP contribution >= 0.6 is 0 Å². The van der Waals surface area contributed by atoms with E-state index in [1.807, 2.05) is 0 Å². The first-order chi connectivity index (χ1) is 9.88. The maximum atomic E-state index is 12.6. The summed E-state index contributed by atoms with van der Waals surface area (Å²) in [5.74, 6) is -0.545. The molecule has 1 aromatic carbocycles. The van der Waals surface area contributed by atoms with Crippen molar-refractivity contribution in [1.29, 1.82) is 0 Å². The van der Waals surface area contributed by atoms with Crippen molar-refractivity contribution in [2.24, 2.45) is 0 Å². The van der Waals surface area contributed by atoms with Gasteiger partial charge in [-0.05, 0) is 24.1 Å². The van der Waals surface area contributed by atoms with Crippen molar-refractivity contribution in [2.75, 3.05) is 6.61 Å². The number of alkyl halides is 3. The number of ether oxygens (including phenoxy) is 1. The van der Waals surface area contributed by atoms with Crippen LogP contribution in [0.25, 0.3) is 0 Å². The molecular formula is C14H13F3N2O2. The monoisotopic (exact) mass is 298 g/mol. The molecule has 2 rings (SSSR count). The fourth-order valence-electron chi connectivity index (χ4n) is 1.91. The molecule has 0 unspecified atom stereocenters. The van der Waals surface area contributed by atoms with Crippen molar-refractivity contribution < 1.29 is 22.7 Å². The fraction of sp³-hybridized carbons (Fsp3) is 0.286. The summed E-state index contributed by atoms with van der Waals surface area (Å²) in [6, 6.07) is 3.88. The van der Waals surface area contributed by atoms with Crippen LogP contribution in [0.2, 0.25) is 0 Å². The number of hydrogen-bond acceptors (Lipinski definition) is 3. The summed E-state index contributed by atoms with van der Waals surface area (Å²) < 4.78 is 42.8. The van der Waals surface area contributed by atoms with E-state index in [1.165, 1.54) is 31.6 Å². The van der Waals surface area contributed by atoms with Crippen LogP contribution in [0, 0.1) is 6.92 Å². The van der Waals surface area contributed by atoms with Gasteiger partial charge in [0.25, 0.3) is 0 Å². The van der Waals surface area contributed by atoms with E-state index in [9.17, 15) is 18.0 Å². The highest BCUT2D eigenvalue weighted by molar-refractivity contribution is 5.86. The molecule has 4 nitrogen and oxygen atoms in total. The zero-order chi connectivity index (χ0) is 15.5. The molecule has 0 radical (unpaired) electrons. The summed E-state index contributed by atoms with van der Waals surface area (Å²) in [6.07, 6.45) is -1.31. The normalized spacial score (nSPS) is 11.4. The van der Waals surface area contributed by atoms with Gasteiger partial charge in [-0.2, -0.15) is 13.2 Å². The van der Waals surface area contributed by atoms with E-state index in [0.717, 1.165) is 6.07 Å². The lowest BCUT2D eigenvalue weighted by Crippen LogP contribution is -2.10. The third-order valence-electron chi connectivity index (χ3n) is 2.94. The van der Waals surface area contributed by atoms with Crippen molar-refractivity contribution in [3.8, 4) is 0 Å². The van der Waals surface area contributed by atoms with Gasteiger partial charge in [0.15, 0.2) is 0 Å². The second-order valence-corrected chi connectivity index (χ2v) is 4.50. The minimum Gasteiger partial charge on any atom is -0.461 e. The lowest BCUT2D eigenvalue weighted by Gasteiger charge is -2.11. The van der Waals surface area contributed by atoms with Crippen LogP contribution in [-0.4, -0.2) is 22.5 Å². The van der Waals surface area contributed by atoms with Crippen molar-refractivity contribution >= 4 is 5.97 Å². The number of hydrogen-bond donors (Lipinski definition) is 1. The van der Waals surface area contributed by atoms with Gasteiger partial charge in [-0.25, -0.2) is 9.78 Å². The number of aromatic amines is 1. The second-order valence-electron chi connectivity index (χ2n) is 4.50. The van der Waals surface area contributed by atoms with Crippen LogP contribution in [0.1, 0.15) is 27.2 Å². The van der Waals surface area contributed by atoms with E-state index >= 15 is 0 Å². The van der Waals surface area contributed by atoms with Crippen LogP contribution < -0.4 is 0 Å². The van der Waals surface area contributed by atoms with E-state index in [4.69, 9.17) is 4.74 Å². The van der Waals surface area contributed by atoms with Gasteiger partial charge in [-0.1, -0.05) is 12.1 Å². The predicted octanol–water partition coefficient (Wildman–Crippen LogP) is 3.14. The lowest BCUT2D eigenvalue weighted by molar-refractivity contribution is -0.138. The molecule has 0 aliphatic heterocycles. The zero-order valence-corrected chi connectivity index (χ0v) is 11.2. The Morgan fingerprint density at radius 3 is 2.71 bits per heavy atom. The number of benzene rings is 1. The Morgan fingerprint density at radius 2 is 2.14 bits per heavy atom. The van der Waals surface area contributed by atoms with Gasteiger partial charge in [0.05, 0.1) is 24.7 Å². The molecule has 0 spiro atoms. The van der Waals surface area contributed by atoms with Gasteiger partial charge in [-0.15, -0.1) is 0 Å². The molecular weight excluding hydrogens is 285 g/mol. The van der Waals surface area contributed by atoms with E-state index in [0.29, 0.717) is 12.0 Å². The molecule has 21 heavy (non-hydrogen) atoms. The third-order valence-corrected chi connectivity index (χ3v) is 2.94. The van der Waals surface area contributed by atoms with Gasteiger partial charge >= 0.3 is 12.1 Å². The van der Waals surface area contributed by atoms with Crippen LogP contribution in [0.4, 0.5) is 13.2 Å². The first-order valence-corrected chi connectivity index (χ1v) is 6.20. The van der Waals surface area contributed by atoms with Crippen LogP contribution in [-0.2, 0) is 17.3 Å². The van der Waals surface area contributed by atoms with Gasteiger partial charge in [0.1, 0.15) is 5.69 Å². The largest absolute Gasteiger partial charge is 0.461 e. The number of imidazole rings is 1. The van der Waals surface area contributed by atoms with E-state index in [2.05, 4.69) is 9.97 Å². The molecule has 0 aliphatic carbocycles. The number of nitrogens with one attached hydrogen (secondary N) is 1. The number of carbonyl (C=O) groups excluding carboxylic acids is 1. The highest BCUT2D eigenvalue weighted by Crippen LogP contribution is 2.32. The molecule has 0 aliphatic rings. The van der Waals surface area contributed by atoms with Crippen LogP contribution in [0.15, 0.2) is 30.7 Å². The molecule has 1 aromatic heterocycles. The Bertz CT molecular complexity index is 622. The maximum absolute atomic E-state index is 12.6. The maximum Gasteiger partial charge on any atom is 0.416 e. The summed E-state index contributed by atoms with van der Waals surface area (Å²) >= 11 is 0. The predicted molar refractivity (Wildman–Crippen MR) is 68.8 cm³/mol. The Kier molecular flexibility index (Phi) is 4.30. The topological polar surface area (TPSA) is 55.0 Å². The molecule has 0 bridgehead atoms. The molecule has 0 amide bonds. The number of esters is 1. The Balaban J connectivity index is 1.92. The Hall–Kier alpha value is -2.31. The standard InChI is InChI=1S/C14H13F3N2O2/c1-9-6-10(2-3-11(9)14(15,16)17)4-5-21-13(20)12-7-18-8-19-12/h2-3,6-8H,4-5H2,1H3,(H,18,19). The Labute approximate surface area is 119 Å². The molecule has 0 fully saturated rings. The number of aryl methyl sites for hydroxylation is 1. The number of rotatable bonds is 4. The van der Waals surface area contributed by atoms with Crippen LogP contribution in [0.5, 0.6) is 0 Å². The molecule has 7 heteroatoms. The molecule has 112 valence electrons. The molecule has 0 saturated carbocycles. The smallest absolute Gasteiger partial charge is 0.416 e. The highest BCUT2D eigenvalue weighted by atomic mass is 19.4. The molecule has 0 saturated heterocycles. The zero-order valence-electron chi connectivity index (χ0n) is 11.2. The fourth-order valence-corrected chi connectivity index (χ4v) is 1.91. The molecule has 0 atom stereocenters. The van der Waals surface area contributed by atoms with E-state index in [1.54, 1.807) is 0 Å². The molecule has 1 heterocycles. The first kappa shape index (κ1) is 15.1. The summed E-state index contributed by atoms with van der Waals surface area (Å²) in [5.41, 5.74) is 0.414. The quantitative estimate of drug-likeness (QED) is 0.882. The van der Waals surface area contributed by atoms with Crippen LogP contribution in [0.3, 0.4) is 0 Å². The Morgan fingerprint density at radius 1 is 1.38 bits per heavy atom. The lowest BCUT2D eigenvalue weighted by atomic mass is 10.0. The summed E-state index contributed by atoms with van der Waals surface area (Å²) in [4.78, 5) is 17.8. The van der Waals surface area contributed by atoms with E-state index in [-0.39, 0.29) is 17.9 Å². The van der Waals surface area contributed by atoms with Crippen molar-refractivity contribution in [3.05, 3.63) is 53.1 Å². The SMILES string of the molecule is Cc1cc(CCOC(=O)c2cnc[nH]2)ccc1C(F)(F)F. The highest BCUT2D eigenvalue weighted by Gasteiger charge is 2.32. The number of nitrogens with zero attached hydrogens (tertiary/aromatic N) is 1. The van der Waals surface area contributed by atoms with Crippen molar-refractivity contribution in [1.82, 2.24) is 9.97 Å². The van der Waals surface area contributed by atoms with Gasteiger partial charge in [0.2, 0.25) is 0 Å². The first-order valence-electron chi connectivity index (χ1n) is 6.20. The van der Waals surface area contributed by atoms with Gasteiger partial charge < -0.3 is 9.72 Å². The average Bonchev–Trinajstić information content (AvgIpc) is 2.91. The minimum atomic E-state index is -4.35. The third kappa shape index (κ3) is 3.84. The molecule has 2 aromatic rings. The number of halogens is 3. The summed E-state index contributed by atoms with van der Waals surface area (Å²) in [6.45, 7) is 1.49. The van der Waals surface area contributed by atoms with E-state index < -0.39 is 17.7 Å². The summed E-state index contributed by atoms with van der Waals surface area (Å²) in [5, 5.41) is 0. The van der Waals surface area contributed by atoms with Crippen molar-refractivity contribution in [3.63, 3.8) is 0 Å². The number of aromatic nitrogens is 2. The number of H-pyrrole nitrogens is 1. The van der Waals surface area contributed by atoms with Gasteiger partial charge in [-0.3, -0.25) is 0 Å². The number of carbonyl (C=O) groups is 1. The van der Waals surface area contributed by atoms with Crippen molar-refractivity contribution in [2.45, 2.75) is 19.5 Å². The average molecular weight is 298 g/mol. The van der Waals surface area contributed by atoms with Gasteiger partial charge in [0, 0.05) is 6.42 Å². The summed E-state index contributed by atoms with van der Waals surface area (Å²) in [7, 11) is 0.